The molecular formula is C17H21ClN2OS2. The molecule has 0 saturated carbocycles. The molecular weight excluding hydrogens is 348 g/mol. The van der Waals surface area contributed by atoms with Gasteiger partial charge in [0.05, 0.1) is 0 Å². The van der Waals surface area contributed by atoms with Crippen LogP contribution in [0.4, 0.5) is 0 Å². The fourth-order valence-electron chi connectivity index (χ4n) is 3.11. The Kier molecular flexibility index (Phi) is 6.53. The van der Waals surface area contributed by atoms with Crippen LogP contribution in [-0.4, -0.2) is 36.7 Å². The monoisotopic (exact) mass is 368 g/mol. The maximum absolute atomic E-state index is 12.8. The number of thioether (sulfide) groups is 1. The van der Waals surface area contributed by atoms with Gasteiger partial charge in [-0.2, -0.15) is 0 Å². The molecule has 124 valence electrons. The van der Waals surface area contributed by atoms with E-state index >= 15 is 0 Å². The lowest BCUT2D eigenvalue weighted by atomic mass is 9.89. The molecule has 23 heavy (non-hydrogen) atoms. The number of hydrogen-bond acceptors (Lipinski definition) is 4. The lowest BCUT2D eigenvalue weighted by Gasteiger charge is -2.16. The minimum absolute atomic E-state index is 0. The van der Waals surface area contributed by atoms with Gasteiger partial charge in [0.15, 0.2) is 0 Å². The number of rotatable bonds is 4. The minimum atomic E-state index is 0. The van der Waals surface area contributed by atoms with Crippen molar-refractivity contribution in [3.05, 3.63) is 52.2 Å². The summed E-state index contributed by atoms with van der Waals surface area (Å²) < 4.78 is 0. The van der Waals surface area contributed by atoms with E-state index in [4.69, 9.17) is 5.73 Å². The highest BCUT2D eigenvalue weighted by molar-refractivity contribution is 7.98. The Labute approximate surface area is 151 Å². The van der Waals surface area contributed by atoms with Crippen molar-refractivity contribution < 1.29 is 4.79 Å². The molecule has 2 heterocycles. The topological polar surface area (TPSA) is 46.3 Å². The first-order chi connectivity index (χ1) is 10.7. The first-order valence-corrected chi connectivity index (χ1v) is 9.50. The average Bonchev–Trinajstić information content (AvgIpc) is 3.21. The highest BCUT2D eigenvalue weighted by Gasteiger charge is 2.36. The quantitative estimate of drug-likeness (QED) is 0.837. The predicted molar refractivity (Wildman–Crippen MR) is 101 cm³/mol. The minimum Gasteiger partial charge on any atom is -0.337 e. The van der Waals surface area contributed by atoms with E-state index in [0.717, 1.165) is 22.9 Å². The molecule has 6 heteroatoms. The van der Waals surface area contributed by atoms with Gasteiger partial charge in [-0.25, -0.2) is 0 Å². The van der Waals surface area contributed by atoms with E-state index < -0.39 is 0 Å². The summed E-state index contributed by atoms with van der Waals surface area (Å²) in [5.41, 5.74) is 7.24. The third kappa shape index (κ3) is 3.74. The van der Waals surface area contributed by atoms with E-state index in [9.17, 15) is 4.79 Å². The van der Waals surface area contributed by atoms with Crippen LogP contribution in [0.15, 0.2) is 46.7 Å². The average molecular weight is 369 g/mol. The fraction of sp³-hybridized carbons (Fsp3) is 0.353. The number of nitrogens with zero attached hydrogens (tertiary/aromatic N) is 1. The molecule has 1 aliphatic rings. The second kappa shape index (κ2) is 8.20. The second-order valence-corrected chi connectivity index (χ2v) is 7.31. The standard InChI is InChI=1S/C17H20N2OS2.ClH/c1-21-15-7-8-22-16(15)17(20)19-10-13(9-18)14(11-19)12-5-3-2-4-6-12;/h2-8,13-14H,9-11,18H2,1H3;1H/t13-,14+;/m1./s1. The van der Waals surface area contributed by atoms with Gasteiger partial charge in [0.1, 0.15) is 4.88 Å². The molecule has 1 aliphatic heterocycles. The summed E-state index contributed by atoms with van der Waals surface area (Å²) >= 11 is 3.16. The van der Waals surface area contributed by atoms with E-state index in [1.807, 2.05) is 28.7 Å². The van der Waals surface area contributed by atoms with Crippen LogP contribution in [0.2, 0.25) is 0 Å². The van der Waals surface area contributed by atoms with Gasteiger partial charge in [0.25, 0.3) is 5.91 Å². The third-order valence-corrected chi connectivity index (χ3v) is 6.11. The zero-order valence-corrected chi connectivity index (χ0v) is 15.4. The molecule has 0 bridgehead atoms. The Morgan fingerprint density at radius 1 is 1.30 bits per heavy atom. The summed E-state index contributed by atoms with van der Waals surface area (Å²) in [6.07, 6.45) is 2.01. The Morgan fingerprint density at radius 3 is 2.70 bits per heavy atom. The lowest BCUT2D eigenvalue weighted by molar-refractivity contribution is 0.0788. The number of amides is 1. The smallest absolute Gasteiger partial charge is 0.265 e. The van der Waals surface area contributed by atoms with Gasteiger partial charge in [-0.15, -0.1) is 35.5 Å². The first-order valence-electron chi connectivity index (χ1n) is 7.40. The molecule has 1 saturated heterocycles. The van der Waals surface area contributed by atoms with Crippen LogP contribution >= 0.6 is 35.5 Å². The molecule has 2 aromatic rings. The van der Waals surface area contributed by atoms with E-state index in [2.05, 4.69) is 24.3 Å². The summed E-state index contributed by atoms with van der Waals surface area (Å²) in [7, 11) is 0. The van der Waals surface area contributed by atoms with Crippen LogP contribution < -0.4 is 5.73 Å². The number of carbonyl (C=O) groups excluding carboxylic acids is 1. The fourth-order valence-corrected chi connectivity index (χ4v) is 4.82. The maximum Gasteiger partial charge on any atom is 0.265 e. The van der Waals surface area contributed by atoms with Gasteiger partial charge in [-0.3, -0.25) is 4.79 Å². The number of benzene rings is 1. The molecule has 0 radical (unpaired) electrons. The van der Waals surface area contributed by atoms with Gasteiger partial charge < -0.3 is 10.6 Å². The van der Waals surface area contributed by atoms with Crippen LogP contribution in [0.5, 0.6) is 0 Å². The predicted octanol–water partition coefficient (Wildman–Crippen LogP) is 3.71. The highest BCUT2D eigenvalue weighted by atomic mass is 35.5. The van der Waals surface area contributed by atoms with Crippen molar-refractivity contribution in [3.8, 4) is 0 Å². The van der Waals surface area contributed by atoms with Crippen molar-refractivity contribution in [2.24, 2.45) is 11.7 Å². The summed E-state index contributed by atoms with van der Waals surface area (Å²) in [5.74, 6) is 0.827. The van der Waals surface area contributed by atoms with E-state index in [1.54, 1.807) is 11.8 Å². The van der Waals surface area contributed by atoms with Gasteiger partial charge in [-0.05, 0) is 35.7 Å². The third-order valence-electron chi connectivity index (χ3n) is 4.30. The van der Waals surface area contributed by atoms with Gasteiger partial charge in [0, 0.05) is 23.9 Å². The van der Waals surface area contributed by atoms with E-state index in [1.165, 1.54) is 16.9 Å². The number of carbonyl (C=O) groups is 1. The van der Waals surface area contributed by atoms with Crippen molar-refractivity contribution in [3.63, 3.8) is 0 Å². The summed E-state index contributed by atoms with van der Waals surface area (Å²) in [4.78, 5) is 16.7. The normalized spacial score (nSPS) is 20.3. The number of halogens is 1. The van der Waals surface area contributed by atoms with E-state index in [-0.39, 0.29) is 18.3 Å². The zero-order valence-electron chi connectivity index (χ0n) is 13.0. The molecule has 1 aromatic carbocycles. The van der Waals surface area contributed by atoms with Crippen LogP contribution in [-0.2, 0) is 0 Å². The van der Waals surface area contributed by atoms with Crippen molar-refractivity contribution in [1.82, 2.24) is 4.90 Å². The van der Waals surface area contributed by atoms with Gasteiger partial charge in [-0.1, -0.05) is 30.3 Å². The van der Waals surface area contributed by atoms with Crippen molar-refractivity contribution in [2.75, 3.05) is 25.9 Å². The van der Waals surface area contributed by atoms with Gasteiger partial charge >= 0.3 is 0 Å². The largest absolute Gasteiger partial charge is 0.337 e. The highest BCUT2D eigenvalue weighted by Crippen LogP contribution is 2.35. The molecule has 1 fully saturated rings. The van der Waals surface area contributed by atoms with Crippen LogP contribution in [0.25, 0.3) is 0 Å². The summed E-state index contributed by atoms with van der Waals surface area (Å²) in [5, 5.41) is 1.99. The number of nitrogens with two attached hydrogens (primary N) is 1. The molecule has 0 aliphatic carbocycles. The second-order valence-electron chi connectivity index (χ2n) is 5.54. The molecule has 3 nitrogen and oxygen atoms in total. The Hall–Kier alpha value is -1.01. The molecule has 2 atom stereocenters. The SMILES string of the molecule is CSc1ccsc1C(=O)N1C[C@@H](CN)[C@H](c2ccccc2)C1.Cl. The summed E-state index contributed by atoms with van der Waals surface area (Å²) in [6.45, 7) is 2.13. The van der Waals surface area contributed by atoms with Crippen LogP contribution in [0, 0.1) is 5.92 Å². The number of likely N-dealkylation sites (tertiary alicyclic amines) is 1. The van der Waals surface area contributed by atoms with Crippen LogP contribution in [0.3, 0.4) is 0 Å². The summed E-state index contributed by atoms with van der Waals surface area (Å²) in [6, 6.07) is 12.4. The first kappa shape index (κ1) is 18.3. The molecule has 3 rings (SSSR count). The Balaban J connectivity index is 0.00000192. The Morgan fingerprint density at radius 2 is 2.04 bits per heavy atom. The lowest BCUT2D eigenvalue weighted by Crippen LogP contribution is -2.29. The number of hydrogen-bond donors (Lipinski definition) is 1. The van der Waals surface area contributed by atoms with Crippen molar-refractivity contribution in [2.45, 2.75) is 10.8 Å². The van der Waals surface area contributed by atoms with Crippen LogP contribution in [0.1, 0.15) is 21.2 Å². The van der Waals surface area contributed by atoms with Gasteiger partial charge in [0.2, 0.25) is 0 Å². The Bertz CT molecular complexity index is 647. The molecule has 1 aromatic heterocycles. The van der Waals surface area contributed by atoms with E-state index in [0.29, 0.717) is 18.4 Å². The number of thiophene rings is 1. The molecule has 0 unspecified atom stereocenters. The molecule has 2 N–H and O–H groups in total. The van der Waals surface area contributed by atoms with Crippen molar-refractivity contribution in [1.29, 1.82) is 0 Å². The molecule has 1 amide bonds. The maximum atomic E-state index is 12.8. The zero-order chi connectivity index (χ0) is 15.5. The molecule has 0 spiro atoms. The van der Waals surface area contributed by atoms with Crippen molar-refractivity contribution >= 4 is 41.4 Å².